The van der Waals surface area contributed by atoms with Crippen LogP contribution in [0.3, 0.4) is 0 Å². The molecule has 1 aliphatic carbocycles. The van der Waals surface area contributed by atoms with E-state index in [2.05, 4.69) is 17.6 Å². The molecule has 10 heteroatoms. The van der Waals surface area contributed by atoms with Crippen LogP contribution < -0.4 is 10.6 Å². The highest BCUT2D eigenvalue weighted by Gasteiger charge is 2.28. The smallest absolute Gasteiger partial charge is 0.389 e. The fourth-order valence-electron chi connectivity index (χ4n) is 4.42. The standard InChI is InChI=1S/C29H37F5N2O3/c1-20(38)36-18-23(19-37)26(21-7-9-22(10-8-21)27(30)31)16-24(35-3)11-14-28(2)12-4-6-25(17-28)39-15-5-13-29(32,33)34/h4,6-10,17,19,24,27,35H,5,11-16,18H2,1-3H3,(H,36,38)/b26-23+. The molecule has 5 nitrogen and oxygen atoms in total. The Morgan fingerprint density at radius 3 is 2.46 bits per heavy atom. The second-order valence-electron chi connectivity index (χ2n) is 10.1. The van der Waals surface area contributed by atoms with Crippen LogP contribution in [0.15, 0.2) is 53.8 Å². The monoisotopic (exact) mass is 556 g/mol. The molecule has 39 heavy (non-hydrogen) atoms. The van der Waals surface area contributed by atoms with E-state index in [9.17, 15) is 31.5 Å². The Morgan fingerprint density at radius 1 is 1.21 bits per heavy atom. The van der Waals surface area contributed by atoms with Crippen molar-refractivity contribution in [2.45, 2.75) is 71.0 Å². The molecule has 0 spiro atoms. The summed E-state index contributed by atoms with van der Waals surface area (Å²) < 4.78 is 68.9. The number of rotatable bonds is 15. The van der Waals surface area contributed by atoms with Crippen LogP contribution in [-0.2, 0) is 14.3 Å². The molecular formula is C29H37F5N2O3. The minimum atomic E-state index is -4.21. The van der Waals surface area contributed by atoms with Gasteiger partial charge in [-0.3, -0.25) is 9.59 Å². The Morgan fingerprint density at radius 2 is 1.90 bits per heavy atom. The molecule has 2 N–H and O–H groups in total. The third-order valence-corrected chi connectivity index (χ3v) is 6.72. The molecule has 0 radical (unpaired) electrons. The lowest BCUT2D eigenvalue weighted by Crippen LogP contribution is -2.29. The van der Waals surface area contributed by atoms with Gasteiger partial charge < -0.3 is 15.4 Å². The van der Waals surface area contributed by atoms with Crippen LogP contribution in [0.2, 0.25) is 0 Å². The van der Waals surface area contributed by atoms with Gasteiger partial charge in [0.1, 0.15) is 12.0 Å². The number of allylic oxidation sites excluding steroid dienone is 3. The zero-order valence-electron chi connectivity index (χ0n) is 22.5. The number of carbonyl (C=O) groups is 2. The van der Waals surface area contributed by atoms with Crippen molar-refractivity contribution in [3.63, 3.8) is 0 Å². The zero-order chi connectivity index (χ0) is 29.1. The summed E-state index contributed by atoms with van der Waals surface area (Å²) in [5, 5.41) is 5.90. The number of nitrogens with one attached hydrogen (secondary N) is 2. The van der Waals surface area contributed by atoms with Crippen LogP contribution in [-0.4, -0.2) is 44.6 Å². The second-order valence-corrected chi connectivity index (χ2v) is 10.1. The molecule has 0 saturated carbocycles. The summed E-state index contributed by atoms with van der Waals surface area (Å²) in [7, 11) is 1.80. The van der Waals surface area contributed by atoms with E-state index in [-0.39, 0.29) is 42.5 Å². The first-order valence-corrected chi connectivity index (χ1v) is 12.9. The average Bonchev–Trinajstić information content (AvgIpc) is 2.87. The Hall–Kier alpha value is -3.01. The van der Waals surface area contributed by atoms with Gasteiger partial charge >= 0.3 is 6.18 Å². The summed E-state index contributed by atoms with van der Waals surface area (Å²) in [6, 6.07) is 5.67. The average molecular weight is 557 g/mol. The van der Waals surface area contributed by atoms with Gasteiger partial charge in [0.25, 0.3) is 6.43 Å². The number of amides is 1. The maximum absolute atomic E-state index is 13.1. The Labute approximate surface area is 226 Å². The zero-order valence-corrected chi connectivity index (χ0v) is 22.5. The molecule has 1 amide bonds. The molecule has 0 heterocycles. The molecule has 0 aliphatic heterocycles. The third-order valence-electron chi connectivity index (χ3n) is 6.72. The van der Waals surface area contributed by atoms with Crippen molar-refractivity contribution < 1.29 is 36.3 Å². The van der Waals surface area contributed by atoms with Gasteiger partial charge in [-0.15, -0.1) is 0 Å². The van der Waals surface area contributed by atoms with Gasteiger partial charge in [-0.1, -0.05) is 37.3 Å². The van der Waals surface area contributed by atoms with Gasteiger partial charge in [0.15, 0.2) is 0 Å². The van der Waals surface area contributed by atoms with Crippen LogP contribution in [0.1, 0.15) is 69.9 Å². The van der Waals surface area contributed by atoms with Crippen molar-refractivity contribution in [2.24, 2.45) is 5.41 Å². The minimum Gasteiger partial charge on any atom is -0.494 e. The number of ether oxygens (including phenoxy) is 1. The molecule has 0 saturated heterocycles. The van der Waals surface area contributed by atoms with E-state index in [4.69, 9.17) is 4.74 Å². The fraction of sp³-hybridized carbons (Fsp3) is 0.517. The van der Waals surface area contributed by atoms with E-state index >= 15 is 0 Å². The molecule has 1 aromatic carbocycles. The first-order chi connectivity index (χ1) is 18.4. The molecule has 0 aromatic heterocycles. The molecule has 0 bridgehead atoms. The predicted molar refractivity (Wildman–Crippen MR) is 141 cm³/mol. The highest BCUT2D eigenvalue weighted by Crippen LogP contribution is 2.37. The number of aldehydes is 1. The van der Waals surface area contributed by atoms with Gasteiger partial charge in [0, 0.05) is 37.1 Å². The van der Waals surface area contributed by atoms with Crippen molar-refractivity contribution in [3.05, 3.63) is 65.0 Å². The number of alkyl halides is 5. The predicted octanol–water partition coefficient (Wildman–Crippen LogP) is 6.68. The third kappa shape index (κ3) is 11.3. The van der Waals surface area contributed by atoms with Crippen molar-refractivity contribution in [1.82, 2.24) is 10.6 Å². The summed E-state index contributed by atoms with van der Waals surface area (Å²) in [5.41, 5.74) is 1.22. The maximum Gasteiger partial charge on any atom is 0.389 e. The summed E-state index contributed by atoms with van der Waals surface area (Å²) in [6.45, 7) is 3.39. The fourth-order valence-corrected chi connectivity index (χ4v) is 4.42. The summed E-state index contributed by atoms with van der Waals surface area (Å²) >= 11 is 0. The minimum absolute atomic E-state index is 0.0154. The van der Waals surface area contributed by atoms with Crippen LogP contribution in [0, 0.1) is 5.41 Å². The molecular weight excluding hydrogens is 519 g/mol. The highest BCUT2D eigenvalue weighted by molar-refractivity contribution is 5.90. The molecule has 2 atom stereocenters. The Balaban J connectivity index is 2.15. The van der Waals surface area contributed by atoms with Gasteiger partial charge in [-0.25, -0.2) is 8.78 Å². The largest absolute Gasteiger partial charge is 0.494 e. The van der Waals surface area contributed by atoms with Gasteiger partial charge in [0.05, 0.1) is 6.61 Å². The lowest BCUT2D eigenvalue weighted by Gasteiger charge is -2.30. The Kier molecular flexibility index (Phi) is 12.3. The van der Waals surface area contributed by atoms with E-state index in [0.29, 0.717) is 41.6 Å². The lowest BCUT2D eigenvalue weighted by molar-refractivity contribution is -0.137. The summed E-state index contributed by atoms with van der Waals surface area (Å²) in [5.74, 6) is 0.249. The molecule has 0 fully saturated rings. The summed E-state index contributed by atoms with van der Waals surface area (Å²) in [4.78, 5) is 23.5. The van der Waals surface area contributed by atoms with Crippen LogP contribution in [0.25, 0.3) is 5.57 Å². The highest BCUT2D eigenvalue weighted by atomic mass is 19.4. The van der Waals surface area contributed by atoms with E-state index < -0.39 is 19.0 Å². The van der Waals surface area contributed by atoms with E-state index in [1.807, 2.05) is 12.2 Å². The van der Waals surface area contributed by atoms with Gasteiger partial charge in [-0.05, 0) is 67.9 Å². The molecule has 2 rings (SSSR count). The van der Waals surface area contributed by atoms with Crippen LogP contribution >= 0.6 is 0 Å². The summed E-state index contributed by atoms with van der Waals surface area (Å²) in [6.07, 6.45) is 1.07. The van der Waals surface area contributed by atoms with Crippen LogP contribution in [0.5, 0.6) is 0 Å². The lowest BCUT2D eigenvalue weighted by atomic mass is 9.77. The number of halogens is 5. The Bertz CT molecular complexity index is 1050. The maximum atomic E-state index is 13.1. The van der Waals surface area contributed by atoms with Crippen molar-refractivity contribution in [1.29, 1.82) is 0 Å². The first-order valence-electron chi connectivity index (χ1n) is 12.9. The van der Waals surface area contributed by atoms with E-state index in [1.54, 1.807) is 25.3 Å². The van der Waals surface area contributed by atoms with Crippen molar-refractivity contribution in [2.75, 3.05) is 20.2 Å². The van der Waals surface area contributed by atoms with E-state index in [0.717, 1.165) is 12.8 Å². The van der Waals surface area contributed by atoms with Gasteiger partial charge in [0.2, 0.25) is 5.91 Å². The van der Waals surface area contributed by atoms with Gasteiger partial charge in [-0.2, -0.15) is 13.2 Å². The number of benzene rings is 1. The second kappa shape index (κ2) is 15.0. The SMILES string of the molecule is CNC(CCC1(C)C=C(OCCCC(F)(F)F)C=CC1)C/C(=C(\C=O)CNC(C)=O)c1ccc(C(F)F)cc1. The topological polar surface area (TPSA) is 67.4 Å². The van der Waals surface area contributed by atoms with Crippen LogP contribution in [0.4, 0.5) is 22.0 Å². The molecule has 2 unspecified atom stereocenters. The molecule has 1 aromatic rings. The normalized spacial score (nSPS) is 18.8. The quantitative estimate of drug-likeness (QED) is 0.109. The van der Waals surface area contributed by atoms with Crippen molar-refractivity contribution >= 4 is 17.8 Å². The molecule has 216 valence electrons. The van der Waals surface area contributed by atoms with Crippen molar-refractivity contribution in [3.8, 4) is 0 Å². The molecule has 1 aliphatic rings. The number of hydrogen-bond donors (Lipinski definition) is 2. The van der Waals surface area contributed by atoms with E-state index in [1.165, 1.54) is 19.1 Å². The number of carbonyl (C=O) groups excluding carboxylic acids is 2. The number of hydrogen-bond acceptors (Lipinski definition) is 4. The first kappa shape index (κ1) is 32.2.